The fraction of sp³-hybridized carbons (Fsp3) is 0.146. The quantitative estimate of drug-likeness (QED) is 0.139. The Labute approximate surface area is 577 Å². The summed E-state index contributed by atoms with van der Waals surface area (Å²) in [7, 11) is 24.6. The molecule has 0 spiro atoms. The lowest BCUT2D eigenvalue weighted by Crippen LogP contribution is -2.39. The van der Waals surface area contributed by atoms with Gasteiger partial charge in [-0.2, -0.15) is 36.5 Å². The summed E-state index contributed by atoms with van der Waals surface area (Å²) in [5.74, 6) is 5.19. The molecule has 0 unspecified atom stereocenters. The van der Waals surface area contributed by atoms with Crippen molar-refractivity contribution < 1.29 is 54.2 Å². The Hall–Kier alpha value is -12.7. The maximum absolute atomic E-state index is 6.18. The average molecular weight is 1320 g/mol. The molecule has 18 rings (SSSR count). The first kappa shape index (κ1) is 63.4. The maximum Gasteiger partial charge on any atom is 0.448 e. The lowest BCUT2D eigenvalue weighted by atomic mass is 10.2. The van der Waals surface area contributed by atoms with Gasteiger partial charge in [0.25, 0.3) is 22.1 Å². The molecule has 18 aromatic rings. The number of benzene rings is 6. The van der Waals surface area contributed by atoms with Gasteiger partial charge in [-0.15, -0.1) is 0 Å². The summed E-state index contributed by atoms with van der Waals surface area (Å²) >= 11 is 0. The summed E-state index contributed by atoms with van der Waals surface area (Å²) in [5, 5.41) is 1.25. The topological polar surface area (TPSA) is 129 Å². The Morgan fingerprint density at radius 1 is 0.290 bits per heavy atom. The van der Waals surface area contributed by atoms with E-state index in [9.17, 15) is 0 Å². The summed E-state index contributed by atoms with van der Waals surface area (Å²) in [6.45, 7) is 0. The number of aryl methyl sites for hydroxylation is 8. The normalized spacial score (nSPS) is 11.4. The van der Waals surface area contributed by atoms with E-state index < -0.39 is 0 Å². The monoisotopic (exact) mass is 1320 g/mol. The van der Waals surface area contributed by atoms with E-state index in [2.05, 4.69) is 243 Å². The minimum atomic E-state index is 0.819. The lowest BCUT2D eigenvalue weighted by molar-refractivity contribution is -0.676. The van der Waals surface area contributed by atoms with Crippen LogP contribution in [0, 0.1) is 0 Å². The second-order valence-corrected chi connectivity index (χ2v) is 25.2. The van der Waals surface area contributed by atoms with Gasteiger partial charge >= 0.3 is 46.3 Å². The van der Waals surface area contributed by atoms with Crippen molar-refractivity contribution in [3.8, 4) is 92.2 Å². The van der Waals surface area contributed by atoms with Crippen LogP contribution in [0.2, 0.25) is 0 Å². The van der Waals surface area contributed by atoms with Crippen LogP contribution in [0.5, 0.6) is 0 Å². The van der Waals surface area contributed by atoms with E-state index in [0.29, 0.717) is 0 Å². The van der Waals surface area contributed by atoms with Crippen molar-refractivity contribution in [2.24, 2.45) is 84.6 Å². The number of hydrogen-bond donors (Lipinski definition) is 0. The smallest absolute Gasteiger partial charge is 0.393 e. The van der Waals surface area contributed by atoms with Crippen molar-refractivity contribution in [1.82, 2.24) is 28.2 Å². The molecular weight excluding hydrogens is 1240 g/mol. The molecule has 0 bridgehead atoms. The van der Waals surface area contributed by atoms with Gasteiger partial charge in [0.15, 0.2) is 0 Å². The van der Waals surface area contributed by atoms with Crippen LogP contribution >= 0.6 is 0 Å². The number of pyridine rings is 4. The molecule has 0 aliphatic heterocycles. The van der Waals surface area contributed by atoms with Crippen molar-refractivity contribution in [2.75, 3.05) is 0 Å². The highest BCUT2D eigenvalue weighted by Crippen LogP contribution is 2.30. The minimum absolute atomic E-state index is 0.819. The molecule has 6 aromatic carbocycles. The zero-order valence-corrected chi connectivity index (χ0v) is 58.1. The van der Waals surface area contributed by atoms with Crippen LogP contribution in [-0.4, -0.2) is 28.2 Å². The van der Waals surface area contributed by atoms with Crippen LogP contribution in [0.15, 0.2) is 273 Å². The Bertz CT molecular complexity index is 5560. The highest BCUT2D eigenvalue weighted by atomic mass is 16.4. The van der Waals surface area contributed by atoms with E-state index in [4.69, 9.17) is 22.7 Å². The summed E-state index contributed by atoms with van der Waals surface area (Å²) in [5.41, 5.74) is 22.0. The molecule has 18 nitrogen and oxygen atoms in total. The molecule has 0 amide bonds. The predicted molar refractivity (Wildman–Crippen MR) is 384 cm³/mol. The van der Waals surface area contributed by atoms with Crippen molar-refractivity contribution in [3.05, 3.63) is 255 Å². The van der Waals surface area contributed by atoms with Crippen LogP contribution in [0.1, 0.15) is 0 Å². The van der Waals surface area contributed by atoms with Crippen LogP contribution in [-0.2, 0) is 84.6 Å². The fourth-order valence-corrected chi connectivity index (χ4v) is 13.7. The highest BCUT2D eigenvalue weighted by Gasteiger charge is 2.35. The average Bonchev–Trinajstić information content (AvgIpc) is 1.60. The van der Waals surface area contributed by atoms with Crippen molar-refractivity contribution >= 4 is 66.3 Å². The molecule has 0 saturated heterocycles. The number of para-hydroxylation sites is 11. The Kier molecular flexibility index (Phi) is 16.5. The van der Waals surface area contributed by atoms with Crippen molar-refractivity contribution in [2.45, 2.75) is 0 Å². The molecule has 12 heterocycles. The Morgan fingerprint density at radius 2 is 0.660 bits per heavy atom. The van der Waals surface area contributed by atoms with Gasteiger partial charge in [-0.25, -0.2) is 9.97 Å². The summed E-state index contributed by atoms with van der Waals surface area (Å²) in [6.07, 6.45) is 5.82. The number of fused-ring (bicyclic) bond motifs is 6. The van der Waals surface area contributed by atoms with Crippen LogP contribution in [0.4, 0.5) is 0 Å². The van der Waals surface area contributed by atoms with Crippen LogP contribution < -0.4 is 36.5 Å². The van der Waals surface area contributed by atoms with Crippen LogP contribution in [0.3, 0.4) is 0 Å². The van der Waals surface area contributed by atoms with E-state index in [-0.39, 0.29) is 0 Å². The van der Waals surface area contributed by atoms with Gasteiger partial charge in [0, 0.05) is 130 Å². The van der Waals surface area contributed by atoms with Crippen molar-refractivity contribution in [3.63, 3.8) is 0 Å². The maximum atomic E-state index is 6.18. The van der Waals surface area contributed by atoms with Gasteiger partial charge in [0.1, 0.15) is 67.8 Å². The second kappa shape index (κ2) is 26.0. The summed E-state index contributed by atoms with van der Waals surface area (Å²) in [6, 6.07) is 80.5. The first-order valence-corrected chi connectivity index (χ1v) is 33.2. The summed E-state index contributed by atoms with van der Waals surface area (Å²) in [4.78, 5) is 9.30. The number of nitrogens with zero attached hydrogens (tertiary/aromatic N) is 14. The standard InChI is InChI=1S/C23H21N3O.C22H20N4O.C19H19N3O.C18H18N4O/c1-24-17-10-5-4-9-16(17)15-21(24)18-12-8-13-20(25(18)2)23-26(3)19-11-6-7-14-22(19)27-23;1-24-18(21-23-15-9-4-5-10-16(15)25(21)2)12-8-13-19(24)22-26(3)17-11-6-7-14-20(17)27-22;1-20-13-7-11-14(20)15-9-6-10-17(21(15)2)19-22(3)16-8-4-5-12-18(16)23-19;1-20-12-11-19-17(20)14-8-6-9-15(21(14)2)18-22(3)13-7-4-5-10-16(13)23-18/h4-15H,1-3H3;4-14H,1-3H3;4-13H,1-3H3;4-12H,1-3H3/q4*+2. The lowest BCUT2D eigenvalue weighted by Gasteiger charge is -2.04. The fourth-order valence-electron chi connectivity index (χ4n) is 13.7. The number of imidazole rings is 2. The van der Waals surface area contributed by atoms with E-state index in [0.717, 1.165) is 136 Å². The first-order chi connectivity index (χ1) is 48.6. The molecule has 0 saturated carbocycles. The summed E-state index contributed by atoms with van der Waals surface area (Å²) < 4.78 is 50.0. The molecule has 0 aliphatic rings. The molecule has 18 heteroatoms. The molecule has 0 fully saturated rings. The van der Waals surface area contributed by atoms with Crippen molar-refractivity contribution in [1.29, 1.82) is 0 Å². The molecule has 0 atom stereocenters. The van der Waals surface area contributed by atoms with E-state index in [1.165, 1.54) is 22.3 Å². The number of rotatable bonds is 8. The van der Waals surface area contributed by atoms with Gasteiger partial charge in [0.05, 0.1) is 11.0 Å². The predicted octanol–water partition coefficient (Wildman–Crippen LogP) is 12.1. The SMILES string of the molecule is Cn1c(-c2cccc(-c3oc4ccccc4[n+]3C)[n+]2C)cc2ccccc21.Cn1c(-c2cccc(-c3oc4ccccc4[n+]3C)[n+]2C)nc2ccccc21.Cn1cccc1-c1cccc(-c2oc3ccccc3[n+]2C)[n+]1C.Cn1ccnc1-c1cccc(-c2oc3ccccc3[n+]2C)[n+]1C. The molecule has 0 aliphatic carbocycles. The number of hydrogen-bond acceptors (Lipinski definition) is 6. The third-order valence-electron chi connectivity index (χ3n) is 19.2. The molecule has 12 aromatic heterocycles. The zero-order chi connectivity index (χ0) is 69.0. The van der Waals surface area contributed by atoms with Crippen LogP contribution in [0.25, 0.3) is 158 Å². The Balaban J connectivity index is 0.000000109. The van der Waals surface area contributed by atoms with E-state index >= 15 is 0 Å². The van der Waals surface area contributed by atoms with Gasteiger partial charge in [-0.1, -0.05) is 78.9 Å². The molecule has 0 radical (unpaired) electrons. The Morgan fingerprint density at radius 3 is 1.06 bits per heavy atom. The zero-order valence-electron chi connectivity index (χ0n) is 58.1. The number of aromatic nitrogens is 14. The molecule has 492 valence electrons. The molecule has 100 heavy (non-hydrogen) atoms. The molecule has 0 N–H and O–H groups in total. The highest BCUT2D eigenvalue weighted by molar-refractivity contribution is 5.86. The van der Waals surface area contributed by atoms with Gasteiger partial charge < -0.3 is 35.9 Å². The largest absolute Gasteiger partial charge is 0.448 e. The van der Waals surface area contributed by atoms with E-state index in [1.807, 2.05) is 156 Å². The third-order valence-corrected chi connectivity index (χ3v) is 19.2. The first-order valence-electron chi connectivity index (χ1n) is 33.2. The number of oxazole rings is 4. The van der Waals surface area contributed by atoms with Gasteiger partial charge in [0.2, 0.25) is 56.8 Å². The third kappa shape index (κ3) is 11.1. The van der Waals surface area contributed by atoms with Gasteiger partial charge in [-0.3, -0.25) is 0 Å². The van der Waals surface area contributed by atoms with E-state index in [1.54, 1.807) is 0 Å². The molecular formula is C82H78N14O4+8. The minimum Gasteiger partial charge on any atom is -0.393 e. The van der Waals surface area contributed by atoms with Gasteiger partial charge in [-0.05, 0) is 84.9 Å². The second-order valence-electron chi connectivity index (χ2n) is 25.2.